The Morgan fingerprint density at radius 1 is 1.19 bits per heavy atom. The second kappa shape index (κ2) is 7.23. The van der Waals surface area contributed by atoms with Crippen molar-refractivity contribution in [3.8, 4) is 0 Å². The molecule has 1 atom stereocenters. The number of fused-ring (bicyclic) bond motifs is 1. The summed E-state index contributed by atoms with van der Waals surface area (Å²) in [4.78, 5) is 13.4. The zero-order valence-corrected chi connectivity index (χ0v) is 14.1. The maximum atomic E-state index is 12.8. The summed E-state index contributed by atoms with van der Waals surface area (Å²) in [5, 5.41) is 2.80. The van der Waals surface area contributed by atoms with Crippen LogP contribution in [0.4, 0.5) is 24.5 Å². The summed E-state index contributed by atoms with van der Waals surface area (Å²) >= 11 is 0. The molecule has 2 aromatic rings. The van der Waals surface area contributed by atoms with Crippen LogP contribution in [0.25, 0.3) is 0 Å². The van der Waals surface area contributed by atoms with Crippen molar-refractivity contribution in [1.82, 2.24) is 5.32 Å². The highest BCUT2D eigenvalue weighted by molar-refractivity contribution is 5.86. The van der Waals surface area contributed by atoms with Gasteiger partial charge in [-0.15, -0.1) is 0 Å². The topological polar surface area (TPSA) is 32.3 Å². The van der Waals surface area contributed by atoms with Gasteiger partial charge in [0.2, 0.25) is 5.91 Å². The van der Waals surface area contributed by atoms with Crippen molar-refractivity contribution in [3.63, 3.8) is 0 Å². The Labute approximate surface area is 150 Å². The first-order valence-electron chi connectivity index (χ1n) is 8.31. The molecule has 2 aromatic carbocycles. The second-order valence-corrected chi connectivity index (χ2v) is 6.30. The predicted octanol–water partition coefficient (Wildman–Crippen LogP) is 4.32. The summed E-state index contributed by atoms with van der Waals surface area (Å²) in [6.45, 7) is 4.53. The number of hydrogen-bond acceptors (Lipinski definition) is 2. The second-order valence-electron chi connectivity index (χ2n) is 6.30. The summed E-state index contributed by atoms with van der Waals surface area (Å²) in [5.74, 6) is -0.0824. The van der Waals surface area contributed by atoms with Crippen LogP contribution in [0.1, 0.15) is 11.1 Å². The lowest BCUT2D eigenvalue weighted by Gasteiger charge is -2.36. The van der Waals surface area contributed by atoms with E-state index >= 15 is 0 Å². The van der Waals surface area contributed by atoms with Gasteiger partial charge in [-0.3, -0.25) is 4.79 Å². The Hall–Kier alpha value is -2.76. The molecule has 1 unspecified atom stereocenters. The zero-order valence-electron chi connectivity index (χ0n) is 14.1. The van der Waals surface area contributed by atoms with E-state index in [2.05, 4.69) is 11.9 Å². The Morgan fingerprint density at radius 3 is 2.54 bits per heavy atom. The normalized spacial score (nSPS) is 16.7. The van der Waals surface area contributed by atoms with Crippen molar-refractivity contribution in [2.24, 2.45) is 5.92 Å². The van der Waals surface area contributed by atoms with E-state index in [0.717, 1.165) is 29.8 Å². The molecule has 0 aliphatic carbocycles. The fourth-order valence-electron chi connectivity index (χ4n) is 3.21. The number of carbonyl (C=O) groups excluding carboxylic acids is 1. The third kappa shape index (κ3) is 3.90. The maximum Gasteiger partial charge on any atom is 0.416 e. The van der Waals surface area contributed by atoms with Crippen LogP contribution in [0, 0.1) is 5.92 Å². The van der Waals surface area contributed by atoms with Crippen LogP contribution >= 0.6 is 0 Å². The quantitative estimate of drug-likeness (QED) is 0.824. The number of para-hydroxylation sites is 1. The van der Waals surface area contributed by atoms with Crippen LogP contribution in [0.5, 0.6) is 0 Å². The fourth-order valence-corrected chi connectivity index (χ4v) is 3.21. The maximum absolute atomic E-state index is 12.8. The summed E-state index contributed by atoms with van der Waals surface area (Å²) in [7, 11) is 0. The number of alkyl halides is 3. The summed E-state index contributed by atoms with van der Waals surface area (Å²) in [6.07, 6.45) is -2.33. The molecule has 3 rings (SSSR count). The molecular weight excluding hydrogens is 341 g/mol. The minimum Gasteiger partial charge on any atom is -0.352 e. The molecule has 3 nitrogen and oxygen atoms in total. The van der Waals surface area contributed by atoms with Crippen LogP contribution in [-0.2, 0) is 17.4 Å². The molecule has 0 saturated carbocycles. The monoisotopic (exact) mass is 360 g/mol. The fraction of sp³-hybridized carbons (Fsp3) is 0.250. The minimum atomic E-state index is -4.35. The Bertz CT molecular complexity index is 799. The van der Waals surface area contributed by atoms with E-state index < -0.39 is 11.7 Å². The molecule has 1 aliphatic heterocycles. The van der Waals surface area contributed by atoms with Crippen molar-refractivity contribution in [2.45, 2.75) is 12.6 Å². The summed E-state index contributed by atoms with van der Waals surface area (Å²) in [6, 6.07) is 13.0. The van der Waals surface area contributed by atoms with Crippen molar-refractivity contribution in [1.29, 1.82) is 0 Å². The highest BCUT2D eigenvalue weighted by Gasteiger charge is 2.31. The van der Waals surface area contributed by atoms with Gasteiger partial charge in [-0.25, -0.2) is 0 Å². The minimum absolute atomic E-state index is 0.149. The molecule has 1 N–H and O–H groups in total. The first-order valence-corrected chi connectivity index (χ1v) is 8.31. The van der Waals surface area contributed by atoms with Gasteiger partial charge in [-0.05, 0) is 54.3 Å². The van der Waals surface area contributed by atoms with E-state index in [1.54, 1.807) is 0 Å². The van der Waals surface area contributed by atoms with Crippen molar-refractivity contribution >= 4 is 17.3 Å². The van der Waals surface area contributed by atoms with E-state index in [1.165, 1.54) is 18.2 Å². The molecule has 0 radical (unpaired) electrons. The first-order chi connectivity index (χ1) is 12.4. The highest BCUT2D eigenvalue weighted by Crippen LogP contribution is 2.37. The number of nitrogens with one attached hydrogen (secondary N) is 1. The average Bonchev–Trinajstić information content (AvgIpc) is 2.64. The van der Waals surface area contributed by atoms with Crippen LogP contribution in [0.15, 0.2) is 61.2 Å². The lowest BCUT2D eigenvalue weighted by molar-refractivity contribution is -0.137. The largest absolute Gasteiger partial charge is 0.416 e. The molecule has 0 aromatic heterocycles. The Balaban J connectivity index is 1.87. The molecule has 136 valence electrons. The van der Waals surface area contributed by atoms with E-state index in [9.17, 15) is 18.0 Å². The van der Waals surface area contributed by atoms with Gasteiger partial charge in [0.1, 0.15) is 0 Å². The van der Waals surface area contributed by atoms with Crippen molar-refractivity contribution in [2.75, 3.05) is 18.0 Å². The molecule has 1 heterocycles. The molecular formula is C20H19F3N2O. The van der Waals surface area contributed by atoms with Crippen LogP contribution in [0.2, 0.25) is 0 Å². The summed E-state index contributed by atoms with van der Waals surface area (Å²) < 4.78 is 38.4. The Kier molecular flexibility index (Phi) is 5.02. The first kappa shape index (κ1) is 18.0. The SMILES string of the molecule is C=CC(=O)NCC1Cc2ccccc2N(c2ccc(C(F)(F)F)cc2)C1. The molecule has 1 amide bonds. The van der Waals surface area contributed by atoms with Gasteiger partial charge in [0.05, 0.1) is 5.56 Å². The van der Waals surface area contributed by atoms with Gasteiger partial charge in [0, 0.05) is 24.5 Å². The third-order valence-electron chi connectivity index (χ3n) is 4.49. The van der Waals surface area contributed by atoms with E-state index in [0.29, 0.717) is 18.8 Å². The van der Waals surface area contributed by atoms with Gasteiger partial charge >= 0.3 is 6.18 Å². The number of benzene rings is 2. The lowest BCUT2D eigenvalue weighted by atomic mass is 9.91. The third-order valence-corrected chi connectivity index (χ3v) is 4.49. The van der Waals surface area contributed by atoms with Crippen LogP contribution in [-0.4, -0.2) is 19.0 Å². The Morgan fingerprint density at radius 2 is 1.88 bits per heavy atom. The number of amides is 1. The lowest BCUT2D eigenvalue weighted by Crippen LogP contribution is -2.38. The molecule has 0 saturated heterocycles. The molecule has 6 heteroatoms. The van der Waals surface area contributed by atoms with Crippen molar-refractivity contribution in [3.05, 3.63) is 72.3 Å². The molecule has 0 bridgehead atoms. The van der Waals surface area contributed by atoms with E-state index in [-0.39, 0.29) is 11.8 Å². The predicted molar refractivity (Wildman–Crippen MR) is 95.3 cm³/mol. The van der Waals surface area contributed by atoms with Gasteiger partial charge in [0.25, 0.3) is 0 Å². The number of anilines is 2. The van der Waals surface area contributed by atoms with Gasteiger partial charge in [-0.1, -0.05) is 24.8 Å². The summed E-state index contributed by atoms with van der Waals surface area (Å²) in [5.41, 5.74) is 2.13. The van der Waals surface area contributed by atoms with E-state index in [1.807, 2.05) is 29.2 Å². The number of carbonyl (C=O) groups is 1. The van der Waals surface area contributed by atoms with Crippen molar-refractivity contribution < 1.29 is 18.0 Å². The zero-order chi connectivity index (χ0) is 18.7. The van der Waals surface area contributed by atoms with E-state index in [4.69, 9.17) is 0 Å². The number of nitrogens with zero attached hydrogens (tertiary/aromatic N) is 1. The smallest absolute Gasteiger partial charge is 0.352 e. The van der Waals surface area contributed by atoms with Crippen LogP contribution in [0.3, 0.4) is 0 Å². The molecule has 0 fully saturated rings. The van der Waals surface area contributed by atoms with Gasteiger partial charge in [0.15, 0.2) is 0 Å². The van der Waals surface area contributed by atoms with Crippen LogP contribution < -0.4 is 10.2 Å². The number of hydrogen-bond donors (Lipinski definition) is 1. The number of halogens is 3. The molecule has 26 heavy (non-hydrogen) atoms. The standard InChI is InChI=1S/C20H19F3N2O/c1-2-19(26)24-12-14-11-15-5-3-4-6-18(15)25(13-14)17-9-7-16(8-10-17)20(21,22)23/h2-10,14H,1,11-13H2,(H,24,26). The number of rotatable bonds is 4. The molecule has 0 spiro atoms. The molecule has 1 aliphatic rings. The average molecular weight is 360 g/mol. The van der Waals surface area contributed by atoms with Gasteiger partial charge in [-0.2, -0.15) is 13.2 Å². The highest BCUT2D eigenvalue weighted by atomic mass is 19.4. The van der Waals surface area contributed by atoms with Gasteiger partial charge < -0.3 is 10.2 Å².